The lowest BCUT2D eigenvalue weighted by atomic mass is 9.80. The first-order valence-electron chi connectivity index (χ1n) is 13.9. The van der Waals surface area contributed by atoms with Crippen molar-refractivity contribution in [3.8, 4) is 11.3 Å². The number of carbonyl (C=O) groups is 1. The van der Waals surface area contributed by atoms with Gasteiger partial charge in [0.2, 0.25) is 11.9 Å². The predicted molar refractivity (Wildman–Crippen MR) is 150 cm³/mol. The number of likely N-dealkylation sites (N-methyl/N-ethyl adjacent to an activating group) is 1. The average Bonchev–Trinajstić information content (AvgIpc) is 3.61. The molecule has 2 aliphatic heterocycles. The highest BCUT2D eigenvalue weighted by Crippen LogP contribution is 2.35. The van der Waals surface area contributed by atoms with Crippen LogP contribution in [0.3, 0.4) is 0 Å². The summed E-state index contributed by atoms with van der Waals surface area (Å²) in [6.07, 6.45) is 7.69. The standard InChI is InChI=1S/C28H36N8O4/c1-33(2)22(39)14-35-17-29-20-13-19(6-7-21(20)35)24-25-26(36(18-30-25)23-5-3-4-12-40-23)32-27(31-24)34-10-8-28(15-37,16-38)9-11-34/h6-7,13,17-18,23,37-38H,3-5,8-12,14-16H2,1-2H3. The van der Waals surface area contributed by atoms with Crippen molar-refractivity contribution >= 4 is 34.1 Å². The molecule has 0 radical (unpaired) electrons. The SMILES string of the molecule is CN(C)C(=O)Cn1cnc2cc(-c3nc(N4CCC(CO)(CO)CC4)nc4c3ncn4C3CCCCO3)ccc21. The largest absolute Gasteiger partial charge is 0.396 e. The zero-order valence-electron chi connectivity index (χ0n) is 23.0. The van der Waals surface area contributed by atoms with Crippen molar-refractivity contribution in [3.05, 3.63) is 30.9 Å². The molecule has 40 heavy (non-hydrogen) atoms. The zero-order chi connectivity index (χ0) is 27.9. The van der Waals surface area contributed by atoms with Gasteiger partial charge in [0, 0.05) is 44.8 Å². The third-order valence-electron chi connectivity index (χ3n) is 8.35. The van der Waals surface area contributed by atoms with Crippen LogP contribution in [0.1, 0.15) is 38.3 Å². The number of ether oxygens (including phenoxy) is 1. The Hall–Kier alpha value is -3.61. The Labute approximate surface area is 232 Å². The number of fused-ring (bicyclic) bond motifs is 2. The first-order chi connectivity index (χ1) is 19.4. The summed E-state index contributed by atoms with van der Waals surface area (Å²) in [5.74, 6) is 0.584. The van der Waals surface area contributed by atoms with E-state index in [1.807, 2.05) is 27.3 Å². The molecule has 3 aromatic heterocycles. The van der Waals surface area contributed by atoms with Crippen LogP contribution < -0.4 is 4.90 Å². The fourth-order valence-electron chi connectivity index (χ4n) is 5.57. The maximum absolute atomic E-state index is 12.3. The molecule has 12 heteroatoms. The number of piperidine rings is 1. The van der Waals surface area contributed by atoms with Gasteiger partial charge in [0.15, 0.2) is 5.65 Å². The Morgan fingerprint density at radius 1 is 1.10 bits per heavy atom. The van der Waals surface area contributed by atoms with Crippen molar-refractivity contribution in [3.63, 3.8) is 0 Å². The van der Waals surface area contributed by atoms with Gasteiger partial charge in [-0.3, -0.25) is 9.36 Å². The molecule has 12 nitrogen and oxygen atoms in total. The maximum atomic E-state index is 12.3. The normalized spacial score (nSPS) is 19.4. The lowest BCUT2D eigenvalue weighted by Crippen LogP contribution is -2.44. The van der Waals surface area contributed by atoms with Crippen molar-refractivity contribution < 1.29 is 19.7 Å². The van der Waals surface area contributed by atoms with Crippen molar-refractivity contribution in [1.29, 1.82) is 0 Å². The Bertz CT molecular complexity index is 1510. The van der Waals surface area contributed by atoms with Crippen LogP contribution in [-0.2, 0) is 16.1 Å². The van der Waals surface area contributed by atoms with Crippen molar-refractivity contribution in [2.45, 2.75) is 44.9 Å². The molecule has 1 atom stereocenters. The fraction of sp³-hybridized carbons (Fsp3) is 0.536. The molecule has 2 saturated heterocycles. The highest BCUT2D eigenvalue weighted by atomic mass is 16.5. The summed E-state index contributed by atoms with van der Waals surface area (Å²) < 4.78 is 9.94. The molecule has 4 aromatic rings. The van der Waals surface area contributed by atoms with Crippen molar-refractivity contribution in [1.82, 2.24) is 34.0 Å². The lowest BCUT2D eigenvalue weighted by molar-refractivity contribution is -0.129. The Morgan fingerprint density at radius 3 is 2.60 bits per heavy atom. The van der Waals surface area contributed by atoms with E-state index < -0.39 is 5.41 Å². The summed E-state index contributed by atoms with van der Waals surface area (Å²) in [5, 5.41) is 19.8. The van der Waals surface area contributed by atoms with E-state index in [4.69, 9.17) is 19.7 Å². The van der Waals surface area contributed by atoms with Crippen LogP contribution in [0.15, 0.2) is 30.9 Å². The van der Waals surface area contributed by atoms with Gasteiger partial charge in [-0.15, -0.1) is 0 Å². The van der Waals surface area contributed by atoms with E-state index in [2.05, 4.69) is 9.88 Å². The Balaban J connectivity index is 1.41. The molecule has 0 bridgehead atoms. The summed E-state index contributed by atoms with van der Waals surface area (Å²) in [4.78, 5) is 35.3. The molecular formula is C28H36N8O4. The molecule has 0 aliphatic carbocycles. The third-order valence-corrected chi connectivity index (χ3v) is 8.35. The van der Waals surface area contributed by atoms with E-state index in [0.29, 0.717) is 49.7 Å². The molecule has 1 amide bonds. The summed E-state index contributed by atoms with van der Waals surface area (Å²) >= 11 is 0. The lowest BCUT2D eigenvalue weighted by Gasteiger charge is -2.39. The summed E-state index contributed by atoms with van der Waals surface area (Å²) in [6, 6.07) is 5.93. The minimum absolute atomic E-state index is 0.00561. The van der Waals surface area contributed by atoms with Crippen LogP contribution in [0.4, 0.5) is 5.95 Å². The van der Waals surface area contributed by atoms with E-state index in [0.717, 1.165) is 41.5 Å². The highest BCUT2D eigenvalue weighted by Gasteiger charge is 2.35. The van der Waals surface area contributed by atoms with Gasteiger partial charge in [-0.05, 0) is 44.2 Å². The number of hydrogen-bond acceptors (Lipinski definition) is 9. The summed E-state index contributed by atoms with van der Waals surface area (Å²) in [6.45, 7) is 2.10. The number of carbonyl (C=O) groups excluding carboxylic acids is 1. The Kier molecular flexibility index (Phi) is 7.15. The van der Waals surface area contributed by atoms with Gasteiger partial charge in [-0.25, -0.2) is 15.0 Å². The minimum Gasteiger partial charge on any atom is -0.396 e. The van der Waals surface area contributed by atoms with Gasteiger partial charge in [-0.2, -0.15) is 4.98 Å². The number of imidazole rings is 2. The molecule has 2 fully saturated rings. The van der Waals surface area contributed by atoms with Gasteiger partial charge < -0.3 is 29.3 Å². The third kappa shape index (κ3) is 4.80. The Morgan fingerprint density at radius 2 is 1.90 bits per heavy atom. The van der Waals surface area contributed by atoms with E-state index in [1.165, 1.54) is 0 Å². The van der Waals surface area contributed by atoms with E-state index in [9.17, 15) is 15.0 Å². The monoisotopic (exact) mass is 548 g/mol. The first kappa shape index (κ1) is 26.6. The minimum atomic E-state index is -0.473. The second kappa shape index (κ2) is 10.8. The first-order valence-corrected chi connectivity index (χ1v) is 13.9. The number of anilines is 1. The zero-order valence-corrected chi connectivity index (χ0v) is 23.0. The van der Waals surface area contributed by atoms with Gasteiger partial charge in [0.1, 0.15) is 24.0 Å². The highest BCUT2D eigenvalue weighted by molar-refractivity contribution is 5.92. The van der Waals surface area contributed by atoms with Gasteiger partial charge in [0.05, 0.1) is 36.9 Å². The van der Waals surface area contributed by atoms with Crippen LogP contribution in [0.5, 0.6) is 0 Å². The van der Waals surface area contributed by atoms with Gasteiger partial charge >= 0.3 is 0 Å². The molecule has 6 rings (SSSR count). The molecule has 0 spiro atoms. The van der Waals surface area contributed by atoms with Crippen LogP contribution in [0, 0.1) is 5.41 Å². The molecule has 1 unspecified atom stereocenters. The molecule has 0 saturated carbocycles. The summed E-state index contributed by atoms with van der Waals surface area (Å²) in [7, 11) is 3.48. The van der Waals surface area contributed by atoms with Crippen LogP contribution in [0.2, 0.25) is 0 Å². The molecular weight excluding hydrogens is 512 g/mol. The van der Waals surface area contributed by atoms with Crippen molar-refractivity contribution in [2.75, 3.05) is 51.9 Å². The topological polar surface area (TPSA) is 135 Å². The molecule has 2 N–H and O–H groups in total. The fourth-order valence-corrected chi connectivity index (χ4v) is 5.57. The summed E-state index contributed by atoms with van der Waals surface area (Å²) in [5.41, 5.74) is 4.13. The van der Waals surface area contributed by atoms with E-state index >= 15 is 0 Å². The second-order valence-corrected chi connectivity index (χ2v) is 11.2. The van der Waals surface area contributed by atoms with Crippen molar-refractivity contribution in [2.24, 2.45) is 5.41 Å². The quantitative estimate of drug-likeness (QED) is 0.356. The average molecular weight is 549 g/mol. The number of nitrogens with zero attached hydrogens (tertiary/aromatic N) is 8. The van der Waals surface area contributed by atoms with E-state index in [1.54, 1.807) is 31.6 Å². The number of aromatic nitrogens is 6. The van der Waals surface area contributed by atoms with Gasteiger partial charge in [-0.1, -0.05) is 6.07 Å². The molecule has 2 aliphatic rings. The molecule has 1 aromatic carbocycles. The second-order valence-electron chi connectivity index (χ2n) is 11.2. The van der Waals surface area contributed by atoms with Crippen LogP contribution in [0.25, 0.3) is 33.5 Å². The number of aliphatic hydroxyl groups is 2. The number of rotatable bonds is 7. The molecule has 212 valence electrons. The van der Waals surface area contributed by atoms with Crippen LogP contribution >= 0.6 is 0 Å². The smallest absolute Gasteiger partial charge is 0.242 e. The predicted octanol–water partition coefficient (Wildman–Crippen LogP) is 2.20. The number of hydrogen-bond donors (Lipinski definition) is 2. The number of aliphatic hydroxyl groups excluding tert-OH is 2. The number of amides is 1. The van der Waals surface area contributed by atoms with E-state index in [-0.39, 0.29) is 31.9 Å². The maximum Gasteiger partial charge on any atom is 0.242 e. The van der Waals surface area contributed by atoms with Gasteiger partial charge in [0.25, 0.3) is 0 Å². The number of benzene rings is 1. The molecule has 5 heterocycles. The van der Waals surface area contributed by atoms with Crippen LogP contribution in [-0.4, -0.2) is 97.1 Å².